The predicted molar refractivity (Wildman–Crippen MR) is 59.8 cm³/mol. The smallest absolute Gasteiger partial charge is 0.305 e. The zero-order chi connectivity index (χ0) is 12.4. The molecule has 2 atom stereocenters. The van der Waals surface area contributed by atoms with Gasteiger partial charge < -0.3 is 9.47 Å². The normalized spacial score (nSPS) is 26.9. The summed E-state index contributed by atoms with van der Waals surface area (Å²) in [4.78, 5) is 0. The van der Waals surface area contributed by atoms with Crippen molar-refractivity contribution in [3.05, 3.63) is 0 Å². The molecule has 0 amide bonds. The minimum Gasteiger partial charge on any atom is -0.348 e. The molecule has 0 radical (unpaired) electrons. The summed E-state index contributed by atoms with van der Waals surface area (Å²) in [5.41, 5.74) is -0.489. The Morgan fingerprint density at radius 1 is 1.44 bits per heavy atom. The topological polar surface area (TPSA) is 54.0 Å². The molecule has 16 heavy (non-hydrogen) atoms. The van der Waals surface area contributed by atoms with Crippen molar-refractivity contribution in [1.82, 2.24) is 0 Å². The Balaban J connectivity index is 2.23. The van der Waals surface area contributed by atoms with E-state index in [0.29, 0.717) is 6.61 Å². The highest BCUT2D eigenvalue weighted by atomic mass is 32.2. The van der Waals surface area contributed by atoms with E-state index in [-0.39, 0.29) is 12.7 Å². The minimum absolute atomic E-state index is 0.192. The maximum atomic E-state index is 11.3. The molecule has 0 aromatic heterocycles. The number of rotatable bonds is 4. The summed E-state index contributed by atoms with van der Waals surface area (Å²) in [6.07, 6.45) is -0.192. The van der Waals surface area contributed by atoms with Crippen molar-refractivity contribution in [3.63, 3.8) is 0 Å². The van der Waals surface area contributed by atoms with Crippen molar-refractivity contribution < 1.29 is 22.0 Å². The molecule has 0 saturated carbocycles. The first-order valence-corrected chi connectivity index (χ1v) is 6.24. The monoisotopic (exact) mass is 252 g/mol. The van der Waals surface area contributed by atoms with Gasteiger partial charge in [0.25, 0.3) is 0 Å². The molecule has 96 valence electrons. The SMILES string of the molecule is CC(C)(C)OS(=O)OCC1COC(C)(C)O1. The van der Waals surface area contributed by atoms with Crippen molar-refractivity contribution in [1.29, 1.82) is 0 Å². The first-order chi connectivity index (χ1) is 7.18. The fraction of sp³-hybridized carbons (Fsp3) is 1.00. The van der Waals surface area contributed by atoms with Crippen molar-refractivity contribution in [2.45, 2.75) is 52.1 Å². The molecule has 2 unspecified atom stereocenters. The molecule has 1 rings (SSSR count). The van der Waals surface area contributed by atoms with Gasteiger partial charge in [0.15, 0.2) is 5.79 Å². The second-order valence-corrected chi connectivity index (χ2v) is 5.95. The van der Waals surface area contributed by atoms with Gasteiger partial charge in [0.1, 0.15) is 6.10 Å². The van der Waals surface area contributed by atoms with Crippen LogP contribution in [-0.2, 0) is 29.2 Å². The van der Waals surface area contributed by atoms with Gasteiger partial charge in [0.05, 0.1) is 18.8 Å². The zero-order valence-electron chi connectivity index (χ0n) is 10.4. The maximum absolute atomic E-state index is 11.3. The van der Waals surface area contributed by atoms with Crippen molar-refractivity contribution >= 4 is 11.4 Å². The van der Waals surface area contributed by atoms with Crippen molar-refractivity contribution in [3.8, 4) is 0 Å². The second kappa shape index (κ2) is 5.10. The fourth-order valence-corrected chi connectivity index (χ4v) is 1.92. The van der Waals surface area contributed by atoms with E-state index in [9.17, 15) is 4.21 Å². The van der Waals surface area contributed by atoms with Gasteiger partial charge in [-0.1, -0.05) is 0 Å². The molecule has 0 bridgehead atoms. The molecule has 0 aliphatic carbocycles. The predicted octanol–water partition coefficient (Wildman–Crippen LogP) is 1.55. The Morgan fingerprint density at radius 2 is 2.06 bits per heavy atom. The molecular formula is C10H20O5S. The highest BCUT2D eigenvalue weighted by molar-refractivity contribution is 7.75. The molecule has 5 nitrogen and oxygen atoms in total. The zero-order valence-corrected chi connectivity index (χ0v) is 11.3. The van der Waals surface area contributed by atoms with Crippen molar-refractivity contribution in [2.75, 3.05) is 13.2 Å². The average molecular weight is 252 g/mol. The van der Waals surface area contributed by atoms with Gasteiger partial charge in [-0.15, -0.1) is 0 Å². The Kier molecular flexibility index (Phi) is 4.48. The molecule has 0 aromatic rings. The van der Waals surface area contributed by atoms with Gasteiger partial charge in [0.2, 0.25) is 0 Å². The first kappa shape index (κ1) is 14.1. The van der Waals surface area contributed by atoms with Crippen molar-refractivity contribution in [2.24, 2.45) is 0 Å². The van der Waals surface area contributed by atoms with Crippen LogP contribution in [0, 0.1) is 0 Å². The van der Waals surface area contributed by atoms with Crippen LogP contribution in [0.3, 0.4) is 0 Å². The summed E-state index contributed by atoms with van der Waals surface area (Å²) < 4.78 is 32.3. The van der Waals surface area contributed by atoms with Crippen LogP contribution in [0.4, 0.5) is 0 Å². The lowest BCUT2D eigenvalue weighted by atomic mass is 10.2. The highest BCUT2D eigenvalue weighted by Gasteiger charge is 2.33. The van der Waals surface area contributed by atoms with Crippen LogP contribution in [0.2, 0.25) is 0 Å². The molecule has 0 aromatic carbocycles. The van der Waals surface area contributed by atoms with E-state index in [0.717, 1.165) is 0 Å². The lowest BCUT2D eigenvalue weighted by Gasteiger charge is -2.19. The van der Waals surface area contributed by atoms with E-state index in [1.807, 2.05) is 34.6 Å². The van der Waals surface area contributed by atoms with Crippen LogP contribution in [0.25, 0.3) is 0 Å². The van der Waals surface area contributed by atoms with E-state index < -0.39 is 22.7 Å². The summed E-state index contributed by atoms with van der Waals surface area (Å²) in [6, 6.07) is 0. The lowest BCUT2D eigenvalue weighted by Crippen LogP contribution is -2.26. The molecular weight excluding hydrogens is 232 g/mol. The van der Waals surface area contributed by atoms with E-state index in [2.05, 4.69) is 0 Å². The third-order valence-electron chi connectivity index (χ3n) is 1.74. The van der Waals surface area contributed by atoms with Gasteiger partial charge in [-0.25, -0.2) is 0 Å². The van der Waals surface area contributed by atoms with Gasteiger partial charge >= 0.3 is 11.4 Å². The molecule has 6 heteroatoms. The molecule has 1 heterocycles. The van der Waals surface area contributed by atoms with Crippen LogP contribution < -0.4 is 0 Å². The standard InChI is InChI=1S/C10H20O5S/c1-9(2,3)15-16(11)13-7-8-6-12-10(4,5)14-8/h8H,6-7H2,1-5H3. The van der Waals surface area contributed by atoms with Crippen LogP contribution in [0.1, 0.15) is 34.6 Å². The second-order valence-electron chi connectivity index (χ2n) is 5.14. The summed E-state index contributed by atoms with van der Waals surface area (Å²) in [7, 11) is 0. The lowest BCUT2D eigenvalue weighted by molar-refractivity contribution is -0.141. The highest BCUT2D eigenvalue weighted by Crippen LogP contribution is 2.22. The molecule has 1 saturated heterocycles. The van der Waals surface area contributed by atoms with Crippen LogP contribution in [-0.4, -0.2) is 34.9 Å². The molecule has 0 N–H and O–H groups in total. The van der Waals surface area contributed by atoms with E-state index in [1.54, 1.807) is 0 Å². The third kappa shape index (κ3) is 5.36. The van der Waals surface area contributed by atoms with Crippen LogP contribution >= 0.6 is 0 Å². The van der Waals surface area contributed by atoms with E-state index in [1.165, 1.54) is 0 Å². The largest absolute Gasteiger partial charge is 0.348 e. The Labute approximate surface area is 99.3 Å². The average Bonchev–Trinajstić information content (AvgIpc) is 2.39. The van der Waals surface area contributed by atoms with Gasteiger partial charge in [-0.3, -0.25) is 8.37 Å². The number of hydrogen-bond acceptors (Lipinski definition) is 5. The molecule has 1 fully saturated rings. The third-order valence-corrected chi connectivity index (χ3v) is 2.70. The van der Waals surface area contributed by atoms with Crippen LogP contribution in [0.5, 0.6) is 0 Å². The molecule has 1 aliphatic rings. The number of ether oxygens (including phenoxy) is 2. The summed E-state index contributed by atoms with van der Waals surface area (Å²) in [6.45, 7) is 9.74. The summed E-state index contributed by atoms with van der Waals surface area (Å²) >= 11 is -1.75. The van der Waals surface area contributed by atoms with Gasteiger partial charge in [-0.05, 0) is 34.6 Å². The first-order valence-electron chi connectivity index (χ1n) is 5.24. The summed E-state index contributed by atoms with van der Waals surface area (Å²) in [5, 5.41) is 0. The quantitative estimate of drug-likeness (QED) is 0.760. The molecule has 0 spiro atoms. The number of hydrogen-bond donors (Lipinski definition) is 0. The Bertz CT molecular complexity index is 258. The Hall–Kier alpha value is -0.0100. The van der Waals surface area contributed by atoms with Gasteiger partial charge in [0, 0.05) is 0 Å². The summed E-state index contributed by atoms with van der Waals surface area (Å²) in [5.74, 6) is -0.583. The fourth-order valence-electron chi connectivity index (χ4n) is 1.20. The Morgan fingerprint density at radius 3 is 2.50 bits per heavy atom. The molecule has 1 aliphatic heterocycles. The maximum Gasteiger partial charge on any atom is 0.305 e. The van der Waals surface area contributed by atoms with Gasteiger partial charge in [-0.2, -0.15) is 4.21 Å². The van der Waals surface area contributed by atoms with E-state index >= 15 is 0 Å². The van der Waals surface area contributed by atoms with E-state index in [4.69, 9.17) is 17.8 Å². The van der Waals surface area contributed by atoms with Crippen LogP contribution in [0.15, 0.2) is 0 Å². The minimum atomic E-state index is -1.75.